The van der Waals surface area contributed by atoms with E-state index in [1.165, 1.54) is 0 Å². The molecule has 0 rings (SSSR count). The van der Waals surface area contributed by atoms with E-state index in [0.29, 0.717) is 0 Å². The zero-order valence-corrected chi connectivity index (χ0v) is 10.9. The molecule has 0 aliphatic carbocycles. The zero-order valence-electron chi connectivity index (χ0n) is 5.38. The molecule has 0 amide bonds. The van der Waals surface area contributed by atoms with Crippen LogP contribution in [0.1, 0.15) is 0 Å². The Morgan fingerprint density at radius 1 is 1.08 bits per heavy atom. The van der Waals surface area contributed by atoms with Crippen LogP contribution in [0.25, 0.3) is 0 Å². The van der Waals surface area contributed by atoms with Gasteiger partial charge in [-0.3, -0.25) is 0 Å². The molecule has 2 atom stereocenters. The summed E-state index contributed by atoms with van der Waals surface area (Å²) < 4.78 is 16.6. The Morgan fingerprint density at radius 3 is 1.25 bits per heavy atom. The van der Waals surface area contributed by atoms with Gasteiger partial charge in [0.05, 0.1) is 0 Å². The molecule has 2 unspecified atom stereocenters. The van der Waals surface area contributed by atoms with Gasteiger partial charge in [0.15, 0.2) is 15.2 Å². The Balaban J connectivity index is 0. The topological polar surface area (TPSA) is 121 Å². The van der Waals surface area contributed by atoms with Crippen molar-refractivity contribution in [1.29, 1.82) is 0 Å². The molecule has 0 aliphatic rings. The maximum absolute atomic E-state index is 10.1. The van der Waals surface area contributed by atoms with E-state index in [0.717, 1.165) is 0 Å². The number of hydrogen-bond acceptors (Lipinski definition) is 4. The van der Waals surface area contributed by atoms with E-state index in [-0.39, 0.29) is 37.7 Å². The van der Waals surface area contributed by atoms with Gasteiger partial charge in [0.1, 0.15) is 0 Å². The Morgan fingerprint density at radius 2 is 1.25 bits per heavy atom. The first kappa shape index (κ1) is 16.6. The summed E-state index contributed by atoms with van der Waals surface area (Å²) in [5.74, 6) is 0. The van der Waals surface area contributed by atoms with E-state index < -0.39 is 19.0 Å². The number of hydrogen-bond donors (Lipinski definition) is 2. The Labute approximate surface area is 108 Å². The molecular weight excluding hydrogens is 281 g/mol. The van der Waals surface area contributed by atoms with E-state index in [4.69, 9.17) is 9.79 Å². The molecule has 68 valence electrons. The van der Waals surface area contributed by atoms with E-state index in [1.54, 1.807) is 0 Å². The molecule has 0 fully saturated rings. The van der Waals surface area contributed by atoms with E-state index >= 15 is 0 Å². The van der Waals surface area contributed by atoms with E-state index in [9.17, 15) is 18.9 Å². The molecule has 0 saturated heterocycles. The predicted octanol–water partition coefficient (Wildman–Crippen LogP) is -1.21. The largest absolute Gasteiger partial charge is 2.00 e. The van der Waals surface area contributed by atoms with Crippen molar-refractivity contribution in [2.75, 3.05) is 0 Å². The third kappa shape index (κ3) is 3.71. The summed E-state index contributed by atoms with van der Waals surface area (Å²) in [5.41, 5.74) is 0. The summed E-state index contributed by atoms with van der Waals surface area (Å²) in [5, 5.41) is 0. The number of halogens is 2. The second-order valence-corrected chi connectivity index (χ2v) is 7.71. The van der Waals surface area contributed by atoms with Crippen molar-refractivity contribution >= 4 is 76.1 Å². The van der Waals surface area contributed by atoms with E-state index in [1.807, 2.05) is 0 Å². The van der Waals surface area contributed by atoms with Gasteiger partial charge in [0, 0.05) is 0 Å². The van der Waals surface area contributed by atoms with Gasteiger partial charge in [-0.25, -0.2) is 0 Å². The van der Waals surface area contributed by atoms with Crippen molar-refractivity contribution < 1.29 is 28.7 Å². The van der Waals surface area contributed by atoms with Gasteiger partial charge < -0.3 is 28.7 Å². The van der Waals surface area contributed by atoms with Crippen LogP contribution >= 0.6 is 38.4 Å². The third-order valence-corrected chi connectivity index (χ3v) is 6.12. The van der Waals surface area contributed by atoms with E-state index in [2.05, 4.69) is 23.2 Å². The molecule has 0 heterocycles. The Kier molecular flexibility index (Phi) is 6.59. The first-order valence-electron chi connectivity index (χ1n) is 1.96. The summed E-state index contributed by atoms with van der Waals surface area (Å²) in [7, 11) is -11.1. The molecule has 2 N–H and O–H groups in total. The van der Waals surface area contributed by atoms with Crippen LogP contribution < -0.4 is 9.79 Å². The summed E-state index contributed by atoms with van der Waals surface area (Å²) in [6, 6.07) is 0. The van der Waals surface area contributed by atoms with Crippen molar-refractivity contribution in [3.05, 3.63) is 0 Å². The fourth-order valence-corrected chi connectivity index (χ4v) is 1.44. The van der Waals surface area contributed by atoms with Gasteiger partial charge in [-0.15, -0.1) is 0 Å². The van der Waals surface area contributed by atoms with Crippen LogP contribution in [0.4, 0.5) is 0 Å². The summed E-state index contributed by atoms with van der Waals surface area (Å²) in [6.45, 7) is 0. The van der Waals surface area contributed by atoms with Gasteiger partial charge >= 0.3 is 37.7 Å². The standard InChI is InChI=1S/CH4Cl2O6P2.Ca/c2-1(3,10(4,5)6)11(7,8)9;/h(H2,4,5,6)(H2,7,8,9);/q;+2/p-2. The molecule has 0 aromatic heterocycles. The van der Waals surface area contributed by atoms with Crippen molar-refractivity contribution in [3.8, 4) is 0 Å². The second-order valence-electron chi connectivity index (χ2n) is 1.55. The van der Waals surface area contributed by atoms with Crippen LogP contribution in [-0.2, 0) is 9.13 Å². The summed E-state index contributed by atoms with van der Waals surface area (Å²) >= 11 is 9.21. The molecule has 0 aliphatic heterocycles. The molecule has 0 aromatic rings. The van der Waals surface area contributed by atoms with Crippen LogP contribution in [0.2, 0.25) is 0 Å². The van der Waals surface area contributed by atoms with Crippen molar-refractivity contribution in [2.24, 2.45) is 0 Å². The second kappa shape index (κ2) is 4.77. The Bertz CT molecular complexity index is 216. The van der Waals surface area contributed by atoms with Crippen LogP contribution in [0.5, 0.6) is 0 Å². The zero-order chi connectivity index (χ0) is 9.50. The minimum absolute atomic E-state index is 0. The average Bonchev–Trinajstić information content (AvgIpc) is 1.58. The minimum Gasteiger partial charge on any atom is -0.776 e. The molecule has 0 spiro atoms. The molecule has 6 nitrogen and oxygen atoms in total. The molecule has 0 radical (unpaired) electrons. The normalized spacial score (nSPS) is 21.8. The first-order chi connectivity index (χ1) is 4.50. The number of alkyl halides is 2. The third-order valence-electron chi connectivity index (χ3n) is 0.680. The van der Waals surface area contributed by atoms with Gasteiger partial charge in [0.25, 0.3) is 0 Å². The van der Waals surface area contributed by atoms with Crippen LogP contribution in [-0.4, -0.2) is 51.3 Å². The molecule has 0 bridgehead atoms. The van der Waals surface area contributed by atoms with Gasteiger partial charge in [-0.05, 0) is 0 Å². The van der Waals surface area contributed by atoms with Crippen LogP contribution in [0.3, 0.4) is 0 Å². The van der Waals surface area contributed by atoms with Crippen molar-refractivity contribution in [3.63, 3.8) is 0 Å². The first-order valence-corrected chi connectivity index (χ1v) is 5.87. The molecule has 11 heteroatoms. The van der Waals surface area contributed by atoms with Gasteiger partial charge in [-0.2, -0.15) is 0 Å². The van der Waals surface area contributed by atoms with Gasteiger partial charge in [-0.1, -0.05) is 23.2 Å². The molecular formula is CH2CaCl2O6P2. The quantitative estimate of drug-likeness (QED) is 0.372. The van der Waals surface area contributed by atoms with Crippen molar-refractivity contribution in [2.45, 2.75) is 3.82 Å². The average molecular weight is 283 g/mol. The summed E-state index contributed by atoms with van der Waals surface area (Å²) in [4.78, 5) is 36.3. The predicted molar refractivity (Wildman–Crippen MR) is 39.8 cm³/mol. The summed E-state index contributed by atoms with van der Waals surface area (Å²) in [6.07, 6.45) is 0. The SMILES string of the molecule is O=P([O-])(O)C(Cl)(Cl)P(=O)([O-])O.[Ca+2]. The maximum Gasteiger partial charge on any atom is 2.00 e. The molecule has 0 saturated carbocycles. The van der Waals surface area contributed by atoms with Crippen molar-refractivity contribution in [1.82, 2.24) is 0 Å². The smallest absolute Gasteiger partial charge is 0.776 e. The maximum atomic E-state index is 10.1. The Hall–Kier alpha value is 2.14. The molecule has 0 aromatic carbocycles. The fourth-order valence-electron chi connectivity index (χ4n) is 0.160. The monoisotopic (exact) mass is 282 g/mol. The molecule has 12 heavy (non-hydrogen) atoms. The van der Waals surface area contributed by atoms with Crippen LogP contribution in [0.15, 0.2) is 0 Å². The fraction of sp³-hybridized carbons (Fsp3) is 1.00. The van der Waals surface area contributed by atoms with Crippen LogP contribution in [0, 0.1) is 0 Å². The minimum atomic E-state index is -5.53. The van der Waals surface area contributed by atoms with Gasteiger partial charge in [0.2, 0.25) is 3.82 Å². The number of rotatable bonds is 2.